The maximum absolute atomic E-state index is 5.31. The molecule has 9 aromatic rings. The summed E-state index contributed by atoms with van der Waals surface area (Å²) < 4.78 is 0. The van der Waals surface area contributed by atoms with E-state index in [9.17, 15) is 0 Å². The maximum atomic E-state index is 5.31. The van der Waals surface area contributed by atoms with Crippen molar-refractivity contribution in [2.75, 3.05) is 0 Å². The van der Waals surface area contributed by atoms with E-state index in [2.05, 4.69) is 191 Å². The van der Waals surface area contributed by atoms with Gasteiger partial charge in [0.15, 0.2) is 5.82 Å². The molecule has 0 N–H and O–H groups in total. The highest BCUT2D eigenvalue weighted by Gasteiger charge is 2.39. The molecule has 0 atom stereocenters. The number of aromatic nitrogens is 2. The molecule has 2 heteroatoms. The minimum atomic E-state index is -0.164. The first-order valence-electron chi connectivity index (χ1n) is 19.7. The van der Waals surface area contributed by atoms with Crippen LogP contribution in [0.1, 0.15) is 49.9 Å². The summed E-state index contributed by atoms with van der Waals surface area (Å²) in [5, 5.41) is 4.99. The van der Waals surface area contributed by atoms with Crippen LogP contribution in [0.5, 0.6) is 0 Å². The van der Waals surface area contributed by atoms with Crippen molar-refractivity contribution in [1.29, 1.82) is 0 Å². The summed E-state index contributed by atoms with van der Waals surface area (Å²) in [5.41, 5.74) is 18.1. The first kappa shape index (κ1) is 32.8. The van der Waals surface area contributed by atoms with Crippen molar-refractivity contribution in [3.05, 3.63) is 192 Å². The van der Waals surface area contributed by atoms with E-state index in [1.807, 2.05) is 6.07 Å². The molecule has 266 valence electrons. The fourth-order valence-corrected chi connectivity index (χ4v) is 9.96. The van der Waals surface area contributed by atoms with Crippen molar-refractivity contribution >= 4 is 21.5 Å². The Kier molecular flexibility index (Phi) is 6.98. The molecular formula is C54H40N2. The molecule has 0 saturated heterocycles. The molecule has 0 saturated carbocycles. The van der Waals surface area contributed by atoms with Crippen LogP contribution in [0.3, 0.4) is 0 Å². The van der Waals surface area contributed by atoms with Gasteiger partial charge < -0.3 is 0 Å². The lowest BCUT2D eigenvalue weighted by molar-refractivity contribution is 0.660. The van der Waals surface area contributed by atoms with Crippen molar-refractivity contribution in [1.82, 2.24) is 9.97 Å². The van der Waals surface area contributed by atoms with Gasteiger partial charge >= 0.3 is 0 Å². The van der Waals surface area contributed by atoms with Gasteiger partial charge in [-0.2, -0.15) is 0 Å². The van der Waals surface area contributed by atoms with E-state index in [0.29, 0.717) is 0 Å². The average Bonchev–Trinajstić information content (AvgIpc) is 3.63. The van der Waals surface area contributed by atoms with E-state index >= 15 is 0 Å². The number of benzene rings is 8. The van der Waals surface area contributed by atoms with E-state index in [1.165, 1.54) is 77.2 Å². The number of hydrogen-bond acceptors (Lipinski definition) is 2. The van der Waals surface area contributed by atoms with Crippen molar-refractivity contribution in [2.24, 2.45) is 0 Å². The van der Waals surface area contributed by atoms with Crippen molar-refractivity contribution in [3.8, 4) is 67.3 Å². The minimum Gasteiger partial charge on any atom is -0.228 e. The molecule has 11 rings (SSSR count). The third-order valence-corrected chi connectivity index (χ3v) is 12.7. The molecule has 0 amide bonds. The third kappa shape index (κ3) is 4.69. The van der Waals surface area contributed by atoms with Crippen LogP contribution in [0.15, 0.2) is 170 Å². The Bertz CT molecular complexity index is 3080. The van der Waals surface area contributed by atoms with Crippen LogP contribution < -0.4 is 0 Å². The smallest absolute Gasteiger partial charge is 0.160 e. The van der Waals surface area contributed by atoms with Crippen LogP contribution in [-0.2, 0) is 10.8 Å². The Morgan fingerprint density at radius 1 is 0.357 bits per heavy atom. The quantitative estimate of drug-likeness (QED) is 0.181. The van der Waals surface area contributed by atoms with Crippen LogP contribution in [-0.4, -0.2) is 9.97 Å². The van der Waals surface area contributed by atoms with Gasteiger partial charge in [-0.1, -0.05) is 185 Å². The minimum absolute atomic E-state index is 0.0538. The van der Waals surface area contributed by atoms with Gasteiger partial charge in [0.2, 0.25) is 0 Å². The fraction of sp³-hybridized carbons (Fsp3) is 0.111. The predicted octanol–water partition coefficient (Wildman–Crippen LogP) is 14.1. The second-order valence-corrected chi connectivity index (χ2v) is 16.5. The van der Waals surface area contributed by atoms with Crippen LogP contribution in [0.25, 0.3) is 88.8 Å². The normalized spacial score (nSPS) is 14.4. The van der Waals surface area contributed by atoms with E-state index in [1.54, 1.807) is 0 Å². The first-order valence-corrected chi connectivity index (χ1v) is 19.7. The Labute approximate surface area is 328 Å². The Balaban J connectivity index is 1.10. The van der Waals surface area contributed by atoms with Gasteiger partial charge in [0.1, 0.15) is 0 Å². The maximum Gasteiger partial charge on any atom is 0.160 e. The molecule has 1 heterocycles. The molecule has 1 aromatic heterocycles. The van der Waals surface area contributed by atoms with E-state index in [-0.39, 0.29) is 10.8 Å². The topological polar surface area (TPSA) is 25.8 Å². The standard InChI is InChI=1S/C54H40N2/c1-53(2)45-24-13-12-21-40(45)44-31-35(26-29-46(44)53)48-32-49(56-52(55-48)34-16-6-5-7-17-34)41-28-27-39(37-19-10-11-20-38(37)41)42-22-14-23-43-50-36-18-9-8-15-33(36)25-30-47(50)54(3,4)51(42)43/h5-32H,1-4H3. The van der Waals surface area contributed by atoms with Crippen LogP contribution in [0, 0.1) is 0 Å². The Morgan fingerprint density at radius 2 is 0.982 bits per heavy atom. The fourth-order valence-electron chi connectivity index (χ4n) is 9.96. The summed E-state index contributed by atoms with van der Waals surface area (Å²) in [6.07, 6.45) is 0. The molecule has 0 spiro atoms. The second kappa shape index (κ2) is 11.9. The number of fused-ring (bicyclic) bond motifs is 9. The molecule has 0 aliphatic heterocycles. The largest absolute Gasteiger partial charge is 0.228 e. The highest BCUT2D eigenvalue weighted by Crippen LogP contribution is 2.55. The number of nitrogens with zero attached hydrogens (tertiary/aromatic N) is 2. The molecule has 8 aromatic carbocycles. The van der Waals surface area contributed by atoms with Crippen molar-refractivity contribution < 1.29 is 0 Å². The molecule has 0 unspecified atom stereocenters. The van der Waals surface area contributed by atoms with Gasteiger partial charge in [-0.25, -0.2) is 9.97 Å². The van der Waals surface area contributed by atoms with Crippen molar-refractivity contribution in [3.63, 3.8) is 0 Å². The molecular weight excluding hydrogens is 677 g/mol. The number of rotatable bonds is 4. The Morgan fingerprint density at radius 3 is 1.82 bits per heavy atom. The summed E-state index contributed by atoms with van der Waals surface area (Å²) in [4.78, 5) is 10.6. The summed E-state index contributed by atoms with van der Waals surface area (Å²) in [5.74, 6) is 0.722. The average molecular weight is 717 g/mol. The van der Waals surface area contributed by atoms with Gasteiger partial charge in [0, 0.05) is 27.5 Å². The summed E-state index contributed by atoms with van der Waals surface area (Å²) >= 11 is 0. The lowest BCUT2D eigenvalue weighted by Gasteiger charge is -2.25. The zero-order valence-electron chi connectivity index (χ0n) is 32.1. The summed E-state index contributed by atoms with van der Waals surface area (Å²) in [7, 11) is 0. The highest BCUT2D eigenvalue weighted by molar-refractivity contribution is 6.08. The van der Waals surface area contributed by atoms with Gasteiger partial charge in [0.05, 0.1) is 11.4 Å². The SMILES string of the molecule is CC1(C)c2ccccc2-c2cc(-c3cc(-c4ccc(-c5cccc6c5C(C)(C)c5ccc7ccccc7c5-6)c5ccccc45)nc(-c4ccccc4)n3)ccc21. The van der Waals surface area contributed by atoms with E-state index in [0.717, 1.165) is 33.9 Å². The van der Waals surface area contributed by atoms with Crippen LogP contribution in [0.2, 0.25) is 0 Å². The molecule has 2 aliphatic carbocycles. The first-order chi connectivity index (χ1) is 27.3. The monoisotopic (exact) mass is 716 g/mol. The Hall–Kier alpha value is -6.64. The summed E-state index contributed by atoms with van der Waals surface area (Å²) in [6.45, 7) is 9.43. The van der Waals surface area contributed by atoms with Gasteiger partial charge in [-0.05, 0) is 89.3 Å². The highest BCUT2D eigenvalue weighted by atomic mass is 14.9. The van der Waals surface area contributed by atoms with Gasteiger partial charge in [0.25, 0.3) is 0 Å². The lowest BCUT2D eigenvalue weighted by Crippen LogP contribution is -2.16. The predicted molar refractivity (Wildman–Crippen MR) is 234 cm³/mol. The third-order valence-electron chi connectivity index (χ3n) is 12.7. The van der Waals surface area contributed by atoms with Crippen LogP contribution >= 0.6 is 0 Å². The van der Waals surface area contributed by atoms with Gasteiger partial charge in [-0.3, -0.25) is 0 Å². The zero-order valence-corrected chi connectivity index (χ0v) is 32.1. The van der Waals surface area contributed by atoms with Crippen LogP contribution in [0.4, 0.5) is 0 Å². The van der Waals surface area contributed by atoms with E-state index < -0.39 is 0 Å². The van der Waals surface area contributed by atoms with Crippen molar-refractivity contribution in [2.45, 2.75) is 38.5 Å². The number of hydrogen-bond donors (Lipinski definition) is 0. The van der Waals surface area contributed by atoms with E-state index in [4.69, 9.17) is 9.97 Å². The lowest BCUT2D eigenvalue weighted by atomic mass is 9.78. The molecule has 0 fully saturated rings. The molecule has 0 bridgehead atoms. The molecule has 2 aliphatic rings. The zero-order chi connectivity index (χ0) is 37.8. The molecule has 56 heavy (non-hydrogen) atoms. The molecule has 0 radical (unpaired) electrons. The summed E-state index contributed by atoms with van der Waals surface area (Å²) in [6, 6.07) is 62.0. The van der Waals surface area contributed by atoms with Gasteiger partial charge in [-0.15, -0.1) is 0 Å². The molecule has 2 nitrogen and oxygen atoms in total. The second-order valence-electron chi connectivity index (χ2n) is 16.5.